The van der Waals surface area contributed by atoms with E-state index in [0.717, 1.165) is 6.42 Å². The van der Waals surface area contributed by atoms with E-state index in [2.05, 4.69) is 13.8 Å². The fourth-order valence-electron chi connectivity index (χ4n) is 3.48. The van der Waals surface area contributed by atoms with Crippen molar-refractivity contribution in [1.29, 1.82) is 0 Å². The molecular weight excluding hydrogens is 286 g/mol. The summed E-state index contributed by atoms with van der Waals surface area (Å²) in [5.41, 5.74) is 0. The summed E-state index contributed by atoms with van der Waals surface area (Å²) in [5, 5.41) is 9.36. The van der Waals surface area contributed by atoms with E-state index in [9.17, 15) is 14.7 Å². The topological polar surface area (TPSA) is 57.6 Å². The minimum atomic E-state index is -0.864. The minimum absolute atomic E-state index is 0.0185. The molecule has 0 aromatic carbocycles. The van der Waals surface area contributed by atoms with Crippen LogP contribution in [0.2, 0.25) is 0 Å². The number of hydrogen-bond donors (Lipinski definition) is 1. The summed E-state index contributed by atoms with van der Waals surface area (Å²) in [4.78, 5) is 25.6. The Kier molecular flexibility index (Phi) is 5.97. The molecule has 2 fully saturated rings. The van der Waals surface area contributed by atoms with Crippen molar-refractivity contribution in [1.82, 2.24) is 4.90 Å². The van der Waals surface area contributed by atoms with Gasteiger partial charge in [-0.05, 0) is 18.3 Å². The Morgan fingerprint density at radius 1 is 1.24 bits per heavy atom. The van der Waals surface area contributed by atoms with Gasteiger partial charge in [-0.15, -0.1) is 11.8 Å². The lowest BCUT2D eigenvalue weighted by atomic mass is 9.86. The first-order chi connectivity index (χ1) is 10.0. The Morgan fingerprint density at radius 3 is 2.48 bits per heavy atom. The number of thioether (sulfide) groups is 1. The Labute approximate surface area is 131 Å². The highest BCUT2D eigenvalue weighted by Crippen LogP contribution is 2.35. The van der Waals surface area contributed by atoms with E-state index < -0.39 is 12.0 Å². The number of carboxylic acid groups (broad SMARTS) is 1. The molecule has 120 valence electrons. The fourth-order valence-corrected chi connectivity index (χ4v) is 4.97. The van der Waals surface area contributed by atoms with Crippen molar-refractivity contribution >= 4 is 23.6 Å². The molecule has 1 heterocycles. The normalized spacial score (nSPS) is 27.3. The highest BCUT2D eigenvalue weighted by molar-refractivity contribution is 8.00. The largest absolute Gasteiger partial charge is 0.480 e. The maximum atomic E-state index is 12.6. The third-order valence-corrected chi connectivity index (χ3v) is 6.29. The van der Waals surface area contributed by atoms with Crippen molar-refractivity contribution in [3.63, 3.8) is 0 Å². The highest BCUT2D eigenvalue weighted by Gasteiger charge is 2.42. The molecule has 2 aliphatic rings. The van der Waals surface area contributed by atoms with Gasteiger partial charge in [0.1, 0.15) is 6.04 Å². The van der Waals surface area contributed by atoms with Crippen LogP contribution in [0.1, 0.15) is 58.8 Å². The van der Waals surface area contributed by atoms with Crippen molar-refractivity contribution in [3.8, 4) is 0 Å². The number of carbonyl (C=O) groups is 2. The van der Waals surface area contributed by atoms with Crippen LogP contribution < -0.4 is 0 Å². The van der Waals surface area contributed by atoms with Gasteiger partial charge in [-0.3, -0.25) is 4.79 Å². The van der Waals surface area contributed by atoms with Crippen LogP contribution in [-0.2, 0) is 9.59 Å². The molecular formula is C16H27NO3S. The van der Waals surface area contributed by atoms with Gasteiger partial charge in [-0.2, -0.15) is 0 Å². The van der Waals surface area contributed by atoms with Crippen LogP contribution in [0.4, 0.5) is 0 Å². The van der Waals surface area contributed by atoms with E-state index in [1.54, 1.807) is 16.7 Å². The van der Waals surface area contributed by atoms with Crippen molar-refractivity contribution in [2.45, 2.75) is 70.2 Å². The standard InChI is InChI=1S/C16H27NO3S/c1-11(2)15-17(13(10-21-15)16(19)20)14(18)9-8-12-6-4-3-5-7-12/h11-13,15H,3-10H2,1-2H3,(H,19,20). The van der Waals surface area contributed by atoms with Crippen molar-refractivity contribution in [2.75, 3.05) is 5.75 Å². The summed E-state index contributed by atoms with van der Waals surface area (Å²) in [6, 6.07) is -0.638. The SMILES string of the molecule is CC(C)C1SCC(C(=O)O)N1C(=O)CCC1CCCCC1. The smallest absolute Gasteiger partial charge is 0.327 e. The first-order valence-electron chi connectivity index (χ1n) is 8.16. The zero-order valence-corrected chi connectivity index (χ0v) is 13.9. The first kappa shape index (κ1) is 16.7. The van der Waals surface area contributed by atoms with E-state index in [-0.39, 0.29) is 17.2 Å². The molecule has 2 unspecified atom stereocenters. The molecule has 1 saturated heterocycles. The maximum absolute atomic E-state index is 12.6. The van der Waals surface area contributed by atoms with Crippen molar-refractivity contribution < 1.29 is 14.7 Å². The van der Waals surface area contributed by atoms with Gasteiger partial charge in [0, 0.05) is 12.2 Å². The number of aliphatic carboxylic acids is 1. The highest BCUT2D eigenvalue weighted by atomic mass is 32.2. The second-order valence-corrected chi connectivity index (χ2v) is 7.82. The summed E-state index contributed by atoms with van der Waals surface area (Å²) >= 11 is 1.61. The Balaban J connectivity index is 1.94. The summed E-state index contributed by atoms with van der Waals surface area (Å²) in [7, 11) is 0. The number of carbonyl (C=O) groups excluding carboxylic acids is 1. The molecule has 1 amide bonds. The lowest BCUT2D eigenvalue weighted by molar-refractivity contribution is -0.149. The molecule has 1 N–H and O–H groups in total. The average Bonchev–Trinajstić information content (AvgIpc) is 2.91. The van der Waals surface area contributed by atoms with E-state index in [1.807, 2.05) is 0 Å². The number of carboxylic acids is 1. The predicted octanol–water partition coefficient (Wildman–Crippen LogP) is 3.36. The van der Waals surface area contributed by atoms with Gasteiger partial charge in [0.05, 0.1) is 5.37 Å². The van der Waals surface area contributed by atoms with Gasteiger partial charge >= 0.3 is 5.97 Å². The Bertz CT molecular complexity index is 380. The second kappa shape index (κ2) is 7.52. The zero-order chi connectivity index (χ0) is 15.4. The first-order valence-corrected chi connectivity index (χ1v) is 9.21. The maximum Gasteiger partial charge on any atom is 0.327 e. The molecule has 0 radical (unpaired) electrons. The van der Waals surface area contributed by atoms with Crippen LogP contribution in [0.5, 0.6) is 0 Å². The molecule has 1 aliphatic carbocycles. The van der Waals surface area contributed by atoms with Gasteiger partial charge in [-0.1, -0.05) is 46.0 Å². The van der Waals surface area contributed by atoms with E-state index in [4.69, 9.17) is 0 Å². The quantitative estimate of drug-likeness (QED) is 0.845. The molecule has 1 aliphatic heterocycles. The summed E-state index contributed by atoms with van der Waals surface area (Å²) in [6.07, 6.45) is 7.80. The summed E-state index contributed by atoms with van der Waals surface area (Å²) in [5.74, 6) is 0.651. The molecule has 0 aromatic rings. The van der Waals surface area contributed by atoms with E-state index in [1.165, 1.54) is 32.1 Å². The van der Waals surface area contributed by atoms with Crippen LogP contribution in [0.3, 0.4) is 0 Å². The van der Waals surface area contributed by atoms with Gasteiger partial charge < -0.3 is 10.0 Å². The summed E-state index contributed by atoms with van der Waals surface area (Å²) < 4.78 is 0. The van der Waals surface area contributed by atoms with E-state index in [0.29, 0.717) is 18.1 Å². The van der Waals surface area contributed by atoms with Gasteiger partial charge in [0.2, 0.25) is 5.91 Å². The minimum Gasteiger partial charge on any atom is -0.480 e. The van der Waals surface area contributed by atoms with Crippen molar-refractivity contribution in [2.24, 2.45) is 11.8 Å². The number of hydrogen-bond acceptors (Lipinski definition) is 3. The molecule has 0 aromatic heterocycles. The molecule has 0 bridgehead atoms. The number of amides is 1. The van der Waals surface area contributed by atoms with Crippen LogP contribution in [0.25, 0.3) is 0 Å². The molecule has 1 saturated carbocycles. The third-order valence-electron chi connectivity index (χ3n) is 4.67. The Hall–Kier alpha value is -0.710. The molecule has 2 atom stereocenters. The van der Waals surface area contributed by atoms with Gasteiger partial charge in [-0.25, -0.2) is 4.79 Å². The molecule has 21 heavy (non-hydrogen) atoms. The molecule has 0 spiro atoms. The molecule has 4 nitrogen and oxygen atoms in total. The third kappa shape index (κ3) is 4.15. The zero-order valence-electron chi connectivity index (χ0n) is 13.1. The lowest BCUT2D eigenvalue weighted by Crippen LogP contribution is -2.47. The molecule has 2 rings (SSSR count). The van der Waals surface area contributed by atoms with Crippen LogP contribution in [-0.4, -0.2) is 39.1 Å². The number of rotatable bonds is 5. The van der Waals surface area contributed by atoms with Gasteiger partial charge in [0.15, 0.2) is 0 Å². The molecule has 5 heteroatoms. The van der Waals surface area contributed by atoms with Crippen LogP contribution in [0, 0.1) is 11.8 Å². The van der Waals surface area contributed by atoms with Crippen LogP contribution in [0.15, 0.2) is 0 Å². The fraction of sp³-hybridized carbons (Fsp3) is 0.875. The summed E-state index contributed by atoms with van der Waals surface area (Å²) in [6.45, 7) is 4.12. The lowest BCUT2D eigenvalue weighted by Gasteiger charge is -2.30. The Morgan fingerprint density at radius 2 is 1.90 bits per heavy atom. The average molecular weight is 313 g/mol. The monoisotopic (exact) mass is 313 g/mol. The predicted molar refractivity (Wildman–Crippen MR) is 85.2 cm³/mol. The second-order valence-electron chi connectivity index (χ2n) is 6.67. The number of nitrogens with zero attached hydrogens (tertiary/aromatic N) is 1. The van der Waals surface area contributed by atoms with Crippen molar-refractivity contribution in [3.05, 3.63) is 0 Å². The van der Waals surface area contributed by atoms with E-state index >= 15 is 0 Å². The van der Waals surface area contributed by atoms with Crippen LogP contribution >= 0.6 is 11.8 Å². The van der Waals surface area contributed by atoms with Gasteiger partial charge in [0.25, 0.3) is 0 Å².